The van der Waals surface area contributed by atoms with E-state index in [0.717, 1.165) is 12.1 Å². The lowest BCUT2D eigenvalue weighted by Crippen LogP contribution is -2.17. The van der Waals surface area contributed by atoms with Crippen molar-refractivity contribution >= 4 is 43.2 Å². The number of anilines is 2. The maximum absolute atomic E-state index is 14.0. The van der Waals surface area contributed by atoms with Crippen molar-refractivity contribution < 1.29 is 22.0 Å². The molecule has 3 rings (SSSR count). The number of nitrogens with one attached hydrogen (secondary N) is 2. The first kappa shape index (κ1) is 20.9. The number of hydrogen-bond acceptors (Lipinski definition) is 3. The molecule has 5 nitrogen and oxygen atoms in total. The highest BCUT2D eigenvalue weighted by atomic mass is 79.9. The van der Waals surface area contributed by atoms with Crippen molar-refractivity contribution in [3.8, 4) is 0 Å². The van der Waals surface area contributed by atoms with Crippen LogP contribution in [0, 0.1) is 18.6 Å². The second-order valence-corrected chi connectivity index (χ2v) is 8.74. The summed E-state index contributed by atoms with van der Waals surface area (Å²) in [6.45, 7) is 1.58. The predicted molar refractivity (Wildman–Crippen MR) is 110 cm³/mol. The number of hydrogen-bond donors (Lipinski definition) is 2. The summed E-state index contributed by atoms with van der Waals surface area (Å²) in [7, 11) is -4.03. The number of amides is 1. The molecule has 0 unspecified atom stereocenters. The molecule has 0 spiro atoms. The van der Waals surface area contributed by atoms with Gasteiger partial charge in [-0.05, 0) is 67.1 Å². The van der Waals surface area contributed by atoms with Crippen LogP contribution in [-0.4, -0.2) is 14.3 Å². The van der Waals surface area contributed by atoms with Gasteiger partial charge >= 0.3 is 0 Å². The van der Waals surface area contributed by atoms with Crippen LogP contribution in [0.25, 0.3) is 0 Å². The van der Waals surface area contributed by atoms with Gasteiger partial charge in [0.25, 0.3) is 15.9 Å². The molecular formula is C20H15BrF2N2O3S. The summed E-state index contributed by atoms with van der Waals surface area (Å²) >= 11 is 3.13. The molecule has 1 amide bonds. The van der Waals surface area contributed by atoms with Gasteiger partial charge in [0.2, 0.25) is 0 Å². The van der Waals surface area contributed by atoms with Crippen molar-refractivity contribution in [1.29, 1.82) is 0 Å². The number of carbonyl (C=O) groups is 1. The van der Waals surface area contributed by atoms with Crippen LogP contribution in [0.15, 0.2) is 70.0 Å². The summed E-state index contributed by atoms with van der Waals surface area (Å²) in [5, 5.41) is 2.42. The molecule has 9 heteroatoms. The molecule has 0 saturated heterocycles. The van der Waals surface area contributed by atoms with Crippen LogP contribution < -0.4 is 10.0 Å². The Morgan fingerprint density at radius 3 is 2.31 bits per heavy atom. The van der Waals surface area contributed by atoms with Crippen LogP contribution in [0.5, 0.6) is 0 Å². The molecule has 0 aliphatic heterocycles. The molecule has 0 bridgehead atoms. The van der Waals surface area contributed by atoms with Crippen LogP contribution in [0.2, 0.25) is 0 Å². The molecule has 3 aromatic carbocycles. The number of aryl methyl sites for hydroxylation is 1. The third-order valence-electron chi connectivity index (χ3n) is 4.02. The summed E-state index contributed by atoms with van der Waals surface area (Å²) in [5.41, 5.74) is 0.591. The second-order valence-electron chi connectivity index (χ2n) is 6.17. The molecule has 0 aromatic heterocycles. The van der Waals surface area contributed by atoms with E-state index in [2.05, 4.69) is 26.0 Å². The van der Waals surface area contributed by atoms with Gasteiger partial charge in [0.15, 0.2) is 0 Å². The van der Waals surface area contributed by atoms with Gasteiger partial charge in [0, 0.05) is 15.7 Å². The van der Waals surface area contributed by atoms with Crippen molar-refractivity contribution in [2.45, 2.75) is 11.8 Å². The normalized spacial score (nSPS) is 11.2. The number of halogens is 3. The first-order valence-corrected chi connectivity index (χ1v) is 10.6. The summed E-state index contributed by atoms with van der Waals surface area (Å²) in [6.07, 6.45) is 0. The third-order valence-corrected chi connectivity index (χ3v) is 6.03. The van der Waals surface area contributed by atoms with Gasteiger partial charge in [-0.25, -0.2) is 17.2 Å². The van der Waals surface area contributed by atoms with Crippen LogP contribution in [0.1, 0.15) is 15.9 Å². The van der Waals surface area contributed by atoms with E-state index in [-0.39, 0.29) is 21.8 Å². The Kier molecular flexibility index (Phi) is 5.99. The molecule has 0 fully saturated rings. The molecule has 0 saturated carbocycles. The maximum atomic E-state index is 14.0. The minimum absolute atomic E-state index is 0.0346. The Morgan fingerprint density at radius 1 is 0.966 bits per heavy atom. The lowest BCUT2D eigenvalue weighted by atomic mass is 10.1. The number of carbonyl (C=O) groups excluding carboxylic acids is 1. The Balaban J connectivity index is 1.88. The molecule has 29 heavy (non-hydrogen) atoms. The smallest absolute Gasteiger partial charge is 0.262 e. The average molecular weight is 481 g/mol. The fourth-order valence-electron chi connectivity index (χ4n) is 2.54. The van der Waals surface area contributed by atoms with Gasteiger partial charge in [-0.15, -0.1) is 0 Å². The minimum atomic E-state index is -4.03. The Hall–Kier alpha value is -2.78. The van der Waals surface area contributed by atoms with E-state index in [4.69, 9.17) is 0 Å². The highest BCUT2D eigenvalue weighted by molar-refractivity contribution is 9.10. The first-order valence-electron chi connectivity index (χ1n) is 8.31. The standard InChI is InChI=1S/C20H15BrF2N2O3S/c1-12-2-3-13(20(26)24-18-9-4-14(21)11-17(18)23)10-19(12)29(27,28)25-16-7-5-15(22)6-8-16/h2-11,25H,1H3,(H,24,26). The van der Waals surface area contributed by atoms with Crippen LogP contribution in [0.3, 0.4) is 0 Å². The summed E-state index contributed by atoms with van der Waals surface area (Å²) in [6, 6.07) is 13.1. The van der Waals surface area contributed by atoms with E-state index >= 15 is 0 Å². The first-order chi connectivity index (χ1) is 13.7. The van der Waals surface area contributed by atoms with E-state index in [1.807, 2.05) is 0 Å². The van der Waals surface area contributed by atoms with Crippen molar-refractivity contribution in [2.75, 3.05) is 10.0 Å². The van der Waals surface area contributed by atoms with E-state index in [1.54, 1.807) is 13.0 Å². The zero-order valence-corrected chi connectivity index (χ0v) is 17.4. The lowest BCUT2D eigenvalue weighted by Gasteiger charge is -2.12. The number of sulfonamides is 1. The molecule has 0 atom stereocenters. The van der Waals surface area contributed by atoms with Crippen LogP contribution >= 0.6 is 15.9 Å². The molecule has 2 N–H and O–H groups in total. The summed E-state index contributed by atoms with van der Waals surface area (Å²) in [5.74, 6) is -1.79. The van der Waals surface area contributed by atoms with Gasteiger partial charge in [-0.1, -0.05) is 22.0 Å². The molecule has 150 valence electrons. The average Bonchev–Trinajstić information content (AvgIpc) is 2.66. The maximum Gasteiger partial charge on any atom is 0.262 e. The zero-order valence-electron chi connectivity index (χ0n) is 15.0. The van der Waals surface area contributed by atoms with Crippen molar-refractivity contribution in [3.63, 3.8) is 0 Å². The molecular weight excluding hydrogens is 466 g/mol. The molecule has 0 aliphatic carbocycles. The number of benzene rings is 3. The van der Waals surface area contributed by atoms with E-state index in [0.29, 0.717) is 10.0 Å². The van der Waals surface area contributed by atoms with Crippen molar-refractivity contribution in [3.05, 3.63) is 87.9 Å². The van der Waals surface area contributed by atoms with Crippen molar-refractivity contribution in [1.82, 2.24) is 0 Å². The largest absolute Gasteiger partial charge is 0.319 e. The van der Waals surface area contributed by atoms with Crippen LogP contribution in [-0.2, 0) is 10.0 Å². The predicted octanol–water partition coefficient (Wildman–Crippen LogP) is 5.09. The molecule has 0 heterocycles. The quantitative estimate of drug-likeness (QED) is 0.533. The van der Waals surface area contributed by atoms with E-state index < -0.39 is 27.6 Å². The number of rotatable bonds is 5. The SMILES string of the molecule is Cc1ccc(C(=O)Nc2ccc(Br)cc2F)cc1S(=O)(=O)Nc1ccc(F)cc1. The minimum Gasteiger partial charge on any atom is -0.319 e. The monoisotopic (exact) mass is 480 g/mol. The molecule has 3 aromatic rings. The fourth-order valence-corrected chi connectivity index (χ4v) is 4.21. The van der Waals surface area contributed by atoms with E-state index in [1.165, 1.54) is 42.5 Å². The van der Waals surface area contributed by atoms with Gasteiger partial charge in [-0.2, -0.15) is 0 Å². The lowest BCUT2D eigenvalue weighted by molar-refractivity contribution is 0.102. The Labute approximate surface area is 174 Å². The molecule has 0 aliphatic rings. The molecule has 0 radical (unpaired) electrons. The van der Waals surface area contributed by atoms with Crippen LogP contribution in [0.4, 0.5) is 20.2 Å². The second kappa shape index (κ2) is 8.30. The van der Waals surface area contributed by atoms with Gasteiger partial charge in [0.05, 0.1) is 10.6 Å². The van der Waals surface area contributed by atoms with Crippen molar-refractivity contribution in [2.24, 2.45) is 0 Å². The summed E-state index contributed by atoms with van der Waals surface area (Å²) < 4.78 is 55.3. The van der Waals surface area contributed by atoms with Gasteiger partial charge < -0.3 is 5.32 Å². The third kappa shape index (κ3) is 4.99. The summed E-state index contributed by atoms with van der Waals surface area (Å²) in [4.78, 5) is 12.4. The highest BCUT2D eigenvalue weighted by Gasteiger charge is 2.20. The highest BCUT2D eigenvalue weighted by Crippen LogP contribution is 2.23. The van der Waals surface area contributed by atoms with Gasteiger partial charge in [0.1, 0.15) is 11.6 Å². The zero-order chi connectivity index (χ0) is 21.2. The van der Waals surface area contributed by atoms with Gasteiger partial charge in [-0.3, -0.25) is 9.52 Å². The van der Waals surface area contributed by atoms with E-state index in [9.17, 15) is 22.0 Å². The topological polar surface area (TPSA) is 75.3 Å². The fraction of sp³-hybridized carbons (Fsp3) is 0.0500. The Bertz CT molecular complexity index is 1180. The Morgan fingerprint density at radius 2 is 1.66 bits per heavy atom.